The molecule has 0 fully saturated rings. The van der Waals surface area contributed by atoms with Gasteiger partial charge in [0.05, 0.1) is 5.52 Å². The van der Waals surface area contributed by atoms with Crippen molar-refractivity contribution in [2.45, 2.75) is 39.8 Å². The van der Waals surface area contributed by atoms with Gasteiger partial charge in [-0.3, -0.25) is 14.7 Å². The molecule has 21 heavy (non-hydrogen) atoms. The van der Waals surface area contributed by atoms with E-state index < -0.39 is 11.5 Å². The predicted molar refractivity (Wildman–Crippen MR) is 84.3 cm³/mol. The summed E-state index contributed by atoms with van der Waals surface area (Å²) >= 11 is 0. The second-order valence-corrected chi connectivity index (χ2v) is 5.86. The van der Waals surface area contributed by atoms with Gasteiger partial charge in [0, 0.05) is 17.6 Å². The highest BCUT2D eigenvalue weighted by Crippen LogP contribution is 2.21. The number of aryl methyl sites for hydroxylation is 1. The fraction of sp³-hybridized carbons (Fsp3) is 0.412. The molecular weight excluding hydrogens is 264 g/mol. The van der Waals surface area contributed by atoms with Crippen molar-refractivity contribution in [1.82, 2.24) is 9.88 Å². The van der Waals surface area contributed by atoms with Crippen LogP contribution in [0, 0.1) is 6.92 Å². The van der Waals surface area contributed by atoms with Crippen LogP contribution in [0.15, 0.2) is 30.3 Å². The van der Waals surface area contributed by atoms with Gasteiger partial charge in [0.25, 0.3) is 0 Å². The number of carboxylic acid groups (broad SMARTS) is 1. The van der Waals surface area contributed by atoms with Crippen LogP contribution in [0.2, 0.25) is 0 Å². The lowest BCUT2D eigenvalue weighted by Gasteiger charge is -2.34. The number of carboxylic acids is 1. The topological polar surface area (TPSA) is 53.4 Å². The summed E-state index contributed by atoms with van der Waals surface area (Å²) in [5.41, 5.74) is 2.19. The van der Waals surface area contributed by atoms with Crippen molar-refractivity contribution in [3.63, 3.8) is 0 Å². The van der Waals surface area contributed by atoms with Gasteiger partial charge in [-0.1, -0.05) is 19.1 Å². The predicted octanol–water partition coefficient (Wildman–Crippen LogP) is 3.23. The highest BCUT2D eigenvalue weighted by atomic mass is 16.4. The number of aromatic nitrogens is 1. The second-order valence-electron chi connectivity index (χ2n) is 5.86. The minimum atomic E-state index is -0.880. The van der Waals surface area contributed by atoms with Gasteiger partial charge in [0.2, 0.25) is 0 Å². The van der Waals surface area contributed by atoms with Gasteiger partial charge in [-0.2, -0.15) is 0 Å². The van der Waals surface area contributed by atoms with Crippen molar-refractivity contribution < 1.29 is 9.90 Å². The first-order chi connectivity index (χ1) is 9.84. The highest BCUT2D eigenvalue weighted by Gasteiger charge is 2.33. The third kappa shape index (κ3) is 3.22. The van der Waals surface area contributed by atoms with Crippen molar-refractivity contribution in [3.05, 3.63) is 41.6 Å². The molecule has 0 unspecified atom stereocenters. The number of aliphatic carboxylic acids is 1. The average Bonchev–Trinajstić information content (AvgIpc) is 2.44. The number of pyridine rings is 1. The molecule has 1 aromatic carbocycles. The van der Waals surface area contributed by atoms with E-state index in [1.54, 1.807) is 13.8 Å². The van der Waals surface area contributed by atoms with Gasteiger partial charge < -0.3 is 5.11 Å². The highest BCUT2D eigenvalue weighted by molar-refractivity contribution is 5.79. The molecule has 4 heteroatoms. The summed E-state index contributed by atoms with van der Waals surface area (Å²) in [6.45, 7) is 8.73. The number of likely N-dealkylation sites (N-methyl/N-ethyl adjacent to an activating group) is 1. The first-order valence-corrected chi connectivity index (χ1v) is 7.19. The summed E-state index contributed by atoms with van der Waals surface area (Å²) in [4.78, 5) is 17.9. The van der Waals surface area contributed by atoms with Gasteiger partial charge in [-0.05, 0) is 51.1 Å². The molecule has 0 bridgehead atoms. The zero-order valence-electron chi connectivity index (χ0n) is 13.1. The van der Waals surface area contributed by atoms with E-state index in [1.807, 2.05) is 36.9 Å². The SMILES string of the molecule is CCN(Cc1ccc2nc(C)ccc2c1)C(C)(C)C(=O)O. The van der Waals surface area contributed by atoms with Crippen LogP contribution in [0.5, 0.6) is 0 Å². The quantitative estimate of drug-likeness (QED) is 0.917. The van der Waals surface area contributed by atoms with E-state index in [2.05, 4.69) is 17.1 Å². The zero-order valence-corrected chi connectivity index (χ0v) is 13.1. The summed E-state index contributed by atoms with van der Waals surface area (Å²) in [6.07, 6.45) is 0. The van der Waals surface area contributed by atoms with Crippen LogP contribution in [0.25, 0.3) is 10.9 Å². The van der Waals surface area contributed by atoms with Crippen LogP contribution in [-0.4, -0.2) is 33.0 Å². The largest absolute Gasteiger partial charge is 0.480 e. The second kappa shape index (κ2) is 5.82. The van der Waals surface area contributed by atoms with Crippen LogP contribution in [-0.2, 0) is 11.3 Å². The van der Waals surface area contributed by atoms with E-state index in [0.717, 1.165) is 22.2 Å². The molecule has 0 amide bonds. The minimum Gasteiger partial charge on any atom is -0.480 e. The fourth-order valence-corrected chi connectivity index (χ4v) is 2.44. The number of hydrogen-bond acceptors (Lipinski definition) is 3. The molecule has 0 aliphatic carbocycles. The van der Waals surface area contributed by atoms with E-state index in [-0.39, 0.29) is 0 Å². The molecule has 1 heterocycles. The molecule has 0 radical (unpaired) electrons. The van der Waals surface area contributed by atoms with Crippen molar-refractivity contribution in [3.8, 4) is 0 Å². The molecule has 0 aliphatic rings. The smallest absolute Gasteiger partial charge is 0.323 e. The fourth-order valence-electron chi connectivity index (χ4n) is 2.44. The molecule has 0 spiro atoms. The third-order valence-corrected chi connectivity index (χ3v) is 3.96. The molecule has 2 aromatic rings. The molecule has 4 nitrogen and oxygen atoms in total. The lowest BCUT2D eigenvalue weighted by molar-refractivity contribution is -0.149. The van der Waals surface area contributed by atoms with E-state index >= 15 is 0 Å². The Labute approximate surface area is 125 Å². The van der Waals surface area contributed by atoms with Gasteiger partial charge >= 0.3 is 5.97 Å². The summed E-state index contributed by atoms with van der Waals surface area (Å²) in [6, 6.07) is 10.2. The van der Waals surface area contributed by atoms with Crippen LogP contribution >= 0.6 is 0 Å². The summed E-state index contributed by atoms with van der Waals surface area (Å²) in [5, 5.41) is 10.5. The summed E-state index contributed by atoms with van der Waals surface area (Å²) < 4.78 is 0. The van der Waals surface area contributed by atoms with Gasteiger partial charge in [-0.25, -0.2) is 0 Å². The maximum atomic E-state index is 11.4. The van der Waals surface area contributed by atoms with E-state index in [9.17, 15) is 9.90 Å². The lowest BCUT2D eigenvalue weighted by Crippen LogP contribution is -2.49. The van der Waals surface area contributed by atoms with Crippen LogP contribution < -0.4 is 0 Å². The lowest BCUT2D eigenvalue weighted by atomic mass is 10.0. The van der Waals surface area contributed by atoms with Crippen molar-refractivity contribution in [2.24, 2.45) is 0 Å². The Morgan fingerprint density at radius 2 is 2.00 bits per heavy atom. The van der Waals surface area contributed by atoms with Crippen molar-refractivity contribution >= 4 is 16.9 Å². The van der Waals surface area contributed by atoms with Gasteiger partial charge in [0.1, 0.15) is 5.54 Å². The van der Waals surface area contributed by atoms with Crippen molar-refractivity contribution in [2.75, 3.05) is 6.54 Å². The first kappa shape index (κ1) is 15.4. The summed E-state index contributed by atoms with van der Waals surface area (Å²) in [7, 11) is 0. The minimum absolute atomic E-state index is 0.611. The normalized spacial score (nSPS) is 12.0. The maximum absolute atomic E-state index is 11.4. The van der Waals surface area contributed by atoms with Gasteiger partial charge in [0.15, 0.2) is 0 Å². The van der Waals surface area contributed by atoms with Crippen LogP contribution in [0.3, 0.4) is 0 Å². The Kier molecular flexibility index (Phi) is 4.28. The zero-order chi connectivity index (χ0) is 15.6. The Balaban J connectivity index is 2.30. The maximum Gasteiger partial charge on any atom is 0.323 e. The molecule has 0 aliphatic heterocycles. The number of benzene rings is 1. The standard InChI is InChI=1S/C17H22N2O2/c1-5-19(17(3,4)16(20)21)11-13-7-9-15-14(10-13)8-6-12(2)18-15/h6-10H,5,11H2,1-4H3,(H,20,21). The van der Waals surface area contributed by atoms with E-state index in [0.29, 0.717) is 13.1 Å². The number of rotatable bonds is 5. The Morgan fingerprint density at radius 1 is 1.29 bits per heavy atom. The first-order valence-electron chi connectivity index (χ1n) is 7.19. The van der Waals surface area contributed by atoms with E-state index in [1.165, 1.54) is 0 Å². The van der Waals surface area contributed by atoms with Crippen LogP contribution in [0.1, 0.15) is 32.0 Å². The van der Waals surface area contributed by atoms with Crippen LogP contribution in [0.4, 0.5) is 0 Å². The molecule has 0 saturated heterocycles. The molecule has 0 saturated carbocycles. The molecular formula is C17H22N2O2. The Morgan fingerprint density at radius 3 is 2.62 bits per heavy atom. The number of hydrogen-bond donors (Lipinski definition) is 1. The Hall–Kier alpha value is -1.94. The van der Waals surface area contributed by atoms with Gasteiger partial charge in [-0.15, -0.1) is 0 Å². The third-order valence-electron chi connectivity index (χ3n) is 3.96. The number of carbonyl (C=O) groups is 1. The average molecular weight is 286 g/mol. The Bertz CT molecular complexity index is 665. The number of nitrogens with zero attached hydrogens (tertiary/aromatic N) is 2. The monoisotopic (exact) mass is 286 g/mol. The van der Waals surface area contributed by atoms with Crippen molar-refractivity contribution in [1.29, 1.82) is 0 Å². The summed E-state index contributed by atoms with van der Waals surface area (Å²) in [5.74, 6) is -0.803. The molecule has 1 N–H and O–H groups in total. The molecule has 2 rings (SSSR count). The van der Waals surface area contributed by atoms with E-state index in [4.69, 9.17) is 0 Å². The molecule has 112 valence electrons. The molecule has 0 atom stereocenters. The number of fused-ring (bicyclic) bond motifs is 1. The molecule has 1 aromatic heterocycles.